The second kappa shape index (κ2) is 5.52. The summed E-state index contributed by atoms with van der Waals surface area (Å²) in [5.74, 6) is 0.741. The Labute approximate surface area is 110 Å². The number of nitrogens with zero attached hydrogens (tertiary/aromatic N) is 3. The maximum atomic E-state index is 8.80. The zero-order valence-electron chi connectivity index (χ0n) is 10.1. The second-order valence-corrected chi connectivity index (χ2v) is 4.87. The number of hydrogen-bond donors (Lipinski definition) is 1. The third kappa shape index (κ3) is 2.60. The largest absolute Gasteiger partial charge is 0.396 e. The van der Waals surface area contributed by atoms with Gasteiger partial charge in [0.25, 0.3) is 0 Å². The van der Waals surface area contributed by atoms with Gasteiger partial charge in [-0.25, -0.2) is 4.98 Å². The second-order valence-electron chi connectivity index (χ2n) is 3.84. The molecule has 0 saturated carbocycles. The number of thiophene rings is 1. The fourth-order valence-corrected chi connectivity index (χ4v) is 2.45. The molecular formula is C13H14N4S. The highest BCUT2D eigenvalue weighted by atomic mass is 32.1. The summed E-state index contributed by atoms with van der Waals surface area (Å²) in [5, 5.41) is 10.9. The number of hydrogen-bond acceptors (Lipinski definition) is 5. The molecule has 0 aromatic carbocycles. The van der Waals surface area contributed by atoms with Gasteiger partial charge in [-0.1, -0.05) is 6.07 Å². The Morgan fingerprint density at radius 3 is 2.94 bits per heavy atom. The van der Waals surface area contributed by atoms with E-state index in [2.05, 4.69) is 28.3 Å². The van der Waals surface area contributed by atoms with Gasteiger partial charge in [0, 0.05) is 17.6 Å². The summed E-state index contributed by atoms with van der Waals surface area (Å²) >= 11 is 1.71. The van der Waals surface area contributed by atoms with Gasteiger partial charge in [-0.15, -0.1) is 11.3 Å². The van der Waals surface area contributed by atoms with Gasteiger partial charge in [-0.05, 0) is 24.4 Å². The molecule has 0 amide bonds. The predicted octanol–water partition coefficient (Wildman–Crippen LogP) is 2.62. The average molecular weight is 258 g/mol. The predicted molar refractivity (Wildman–Crippen MR) is 74.4 cm³/mol. The van der Waals surface area contributed by atoms with E-state index >= 15 is 0 Å². The number of aromatic nitrogens is 1. The van der Waals surface area contributed by atoms with Crippen LogP contribution in [-0.2, 0) is 6.54 Å². The van der Waals surface area contributed by atoms with Gasteiger partial charge in [0.2, 0.25) is 0 Å². The van der Waals surface area contributed by atoms with Crippen LogP contribution < -0.4 is 10.6 Å². The maximum absolute atomic E-state index is 8.80. The van der Waals surface area contributed by atoms with Gasteiger partial charge in [0.05, 0.1) is 17.8 Å². The molecule has 18 heavy (non-hydrogen) atoms. The molecule has 0 radical (unpaired) electrons. The third-order valence-electron chi connectivity index (χ3n) is 2.63. The third-order valence-corrected chi connectivity index (χ3v) is 3.49. The molecule has 0 aliphatic rings. The number of nitrogens with two attached hydrogens (primary N) is 1. The lowest BCUT2D eigenvalue weighted by atomic mass is 10.2. The first-order valence-electron chi connectivity index (χ1n) is 5.67. The van der Waals surface area contributed by atoms with E-state index in [9.17, 15) is 0 Å². The van der Waals surface area contributed by atoms with E-state index in [4.69, 9.17) is 11.0 Å². The molecule has 0 saturated heterocycles. The van der Waals surface area contributed by atoms with Crippen LogP contribution in [0.3, 0.4) is 0 Å². The summed E-state index contributed by atoms with van der Waals surface area (Å²) in [4.78, 5) is 7.65. The molecule has 0 aliphatic carbocycles. The minimum atomic E-state index is 0.489. The highest BCUT2D eigenvalue weighted by Crippen LogP contribution is 2.23. The van der Waals surface area contributed by atoms with Gasteiger partial charge in [0.15, 0.2) is 5.82 Å². The Bertz CT molecular complexity index is 557. The first kappa shape index (κ1) is 12.4. The fourth-order valence-electron chi connectivity index (χ4n) is 1.73. The van der Waals surface area contributed by atoms with Crippen molar-refractivity contribution in [2.45, 2.75) is 13.5 Å². The monoisotopic (exact) mass is 258 g/mol. The zero-order valence-corrected chi connectivity index (χ0v) is 10.9. The summed E-state index contributed by atoms with van der Waals surface area (Å²) in [5.41, 5.74) is 6.99. The number of pyridine rings is 1. The molecule has 92 valence electrons. The van der Waals surface area contributed by atoms with Crippen LogP contribution in [0.5, 0.6) is 0 Å². The first-order chi connectivity index (χ1) is 8.74. The van der Waals surface area contributed by atoms with Crippen molar-refractivity contribution in [1.82, 2.24) is 4.98 Å². The molecule has 0 atom stereocenters. The van der Waals surface area contributed by atoms with Gasteiger partial charge in [-0.3, -0.25) is 0 Å². The van der Waals surface area contributed by atoms with Crippen LogP contribution in [0.1, 0.15) is 17.4 Å². The van der Waals surface area contributed by atoms with Gasteiger partial charge in [0.1, 0.15) is 6.07 Å². The van der Waals surface area contributed by atoms with Crippen molar-refractivity contribution in [2.24, 2.45) is 0 Å². The van der Waals surface area contributed by atoms with Crippen molar-refractivity contribution in [2.75, 3.05) is 17.2 Å². The highest BCUT2D eigenvalue weighted by Gasteiger charge is 2.11. The summed E-state index contributed by atoms with van der Waals surface area (Å²) in [6, 6.07) is 7.83. The normalized spacial score (nSPS) is 10.0. The zero-order chi connectivity index (χ0) is 13.0. The fraction of sp³-hybridized carbons (Fsp3) is 0.231. The minimum Gasteiger partial charge on any atom is -0.396 e. The van der Waals surface area contributed by atoms with E-state index in [1.807, 2.05) is 12.1 Å². The summed E-state index contributed by atoms with van der Waals surface area (Å²) in [6.45, 7) is 3.67. The van der Waals surface area contributed by atoms with E-state index in [-0.39, 0.29) is 0 Å². The van der Waals surface area contributed by atoms with Gasteiger partial charge in [-0.2, -0.15) is 5.26 Å². The van der Waals surface area contributed by atoms with Crippen LogP contribution in [-0.4, -0.2) is 11.5 Å². The molecule has 2 aromatic rings. The molecule has 4 nitrogen and oxygen atoms in total. The Hall–Kier alpha value is -2.06. The van der Waals surface area contributed by atoms with Crippen LogP contribution >= 0.6 is 11.3 Å². The average Bonchev–Trinajstić information content (AvgIpc) is 2.89. The quantitative estimate of drug-likeness (QED) is 0.915. The SMILES string of the molecule is CCN(Cc1cccs1)c1ncc(C#N)cc1N. The van der Waals surface area contributed by atoms with Crippen molar-refractivity contribution in [3.63, 3.8) is 0 Å². The summed E-state index contributed by atoms with van der Waals surface area (Å²) in [6.07, 6.45) is 1.56. The Balaban J connectivity index is 2.25. The molecule has 2 aromatic heterocycles. The summed E-state index contributed by atoms with van der Waals surface area (Å²) < 4.78 is 0. The van der Waals surface area contributed by atoms with Crippen molar-refractivity contribution in [3.05, 3.63) is 40.2 Å². The number of nitriles is 1. The Kier molecular flexibility index (Phi) is 3.80. The molecule has 2 rings (SSSR count). The van der Waals surface area contributed by atoms with Gasteiger partial charge >= 0.3 is 0 Å². The van der Waals surface area contributed by atoms with Crippen LogP contribution in [0.25, 0.3) is 0 Å². The van der Waals surface area contributed by atoms with Crippen molar-refractivity contribution in [3.8, 4) is 6.07 Å². The van der Waals surface area contributed by atoms with Crippen LogP contribution in [0, 0.1) is 11.3 Å². The lowest BCUT2D eigenvalue weighted by Crippen LogP contribution is -2.23. The Morgan fingerprint density at radius 2 is 2.39 bits per heavy atom. The molecule has 0 spiro atoms. The van der Waals surface area contributed by atoms with Gasteiger partial charge < -0.3 is 10.6 Å². The van der Waals surface area contributed by atoms with Crippen LogP contribution in [0.2, 0.25) is 0 Å². The maximum Gasteiger partial charge on any atom is 0.152 e. The lowest BCUT2D eigenvalue weighted by Gasteiger charge is -2.22. The Morgan fingerprint density at radius 1 is 1.56 bits per heavy atom. The number of nitrogen functional groups attached to an aromatic ring is 1. The topological polar surface area (TPSA) is 65.9 Å². The van der Waals surface area contributed by atoms with Crippen molar-refractivity contribution < 1.29 is 0 Å². The van der Waals surface area contributed by atoms with Crippen molar-refractivity contribution in [1.29, 1.82) is 5.26 Å². The molecule has 0 unspecified atom stereocenters. The van der Waals surface area contributed by atoms with E-state index in [0.29, 0.717) is 11.3 Å². The standard InChI is InChI=1S/C13H14N4S/c1-2-17(9-11-4-3-5-18-11)13-12(15)6-10(7-14)8-16-13/h3-6,8H,2,9,15H2,1H3. The molecule has 0 fully saturated rings. The van der Waals surface area contributed by atoms with E-state index in [1.165, 1.54) is 4.88 Å². The summed E-state index contributed by atoms with van der Waals surface area (Å²) in [7, 11) is 0. The van der Waals surface area contributed by atoms with E-state index in [1.54, 1.807) is 23.6 Å². The number of rotatable bonds is 4. The number of anilines is 2. The van der Waals surface area contributed by atoms with Crippen LogP contribution in [0.4, 0.5) is 11.5 Å². The molecular weight excluding hydrogens is 244 g/mol. The molecule has 0 bridgehead atoms. The molecule has 0 aliphatic heterocycles. The van der Waals surface area contributed by atoms with E-state index < -0.39 is 0 Å². The highest BCUT2D eigenvalue weighted by molar-refractivity contribution is 7.09. The molecule has 2 N–H and O–H groups in total. The molecule has 2 heterocycles. The smallest absolute Gasteiger partial charge is 0.152 e. The van der Waals surface area contributed by atoms with Crippen molar-refractivity contribution >= 4 is 22.8 Å². The lowest BCUT2D eigenvalue weighted by molar-refractivity contribution is 0.825. The molecule has 5 heteroatoms. The van der Waals surface area contributed by atoms with E-state index in [0.717, 1.165) is 18.9 Å². The minimum absolute atomic E-state index is 0.489. The van der Waals surface area contributed by atoms with Crippen LogP contribution in [0.15, 0.2) is 29.8 Å². The first-order valence-corrected chi connectivity index (χ1v) is 6.55.